The van der Waals surface area contributed by atoms with Gasteiger partial charge in [0.05, 0.1) is 32.0 Å². The number of fused-ring (bicyclic) bond motifs is 3. The second-order valence-corrected chi connectivity index (χ2v) is 8.71. The van der Waals surface area contributed by atoms with Gasteiger partial charge in [-0.3, -0.25) is 0 Å². The van der Waals surface area contributed by atoms with Crippen LogP contribution < -0.4 is 18.9 Å². The largest absolute Gasteiger partial charge is 0.497 e. The molecule has 0 amide bonds. The van der Waals surface area contributed by atoms with E-state index in [1.807, 2.05) is 68.4 Å². The summed E-state index contributed by atoms with van der Waals surface area (Å²) in [4.78, 5) is 0. The summed E-state index contributed by atoms with van der Waals surface area (Å²) in [6.07, 6.45) is -0.761. The molecular weight excluding hydrogens is 432 g/mol. The minimum Gasteiger partial charge on any atom is -0.497 e. The second-order valence-electron chi connectivity index (χ2n) is 8.71. The summed E-state index contributed by atoms with van der Waals surface area (Å²) in [5.74, 6) is 1.87. The van der Waals surface area contributed by atoms with Crippen molar-refractivity contribution in [2.75, 3.05) is 20.3 Å². The molecule has 1 aliphatic carbocycles. The van der Waals surface area contributed by atoms with E-state index in [1.165, 1.54) is 0 Å². The van der Waals surface area contributed by atoms with Gasteiger partial charge in [-0.25, -0.2) is 0 Å². The van der Waals surface area contributed by atoms with Crippen LogP contribution in [0.4, 0.5) is 0 Å². The normalized spacial score (nSPS) is 27.0. The van der Waals surface area contributed by atoms with Gasteiger partial charge in [0.1, 0.15) is 23.0 Å². The fourth-order valence-corrected chi connectivity index (χ4v) is 5.66. The van der Waals surface area contributed by atoms with Gasteiger partial charge in [0.15, 0.2) is 11.2 Å². The maximum atomic E-state index is 12.5. The van der Waals surface area contributed by atoms with Crippen LogP contribution in [0, 0.1) is 0 Å². The zero-order valence-corrected chi connectivity index (χ0v) is 19.7. The van der Waals surface area contributed by atoms with Crippen LogP contribution in [-0.2, 0) is 11.2 Å². The van der Waals surface area contributed by atoms with E-state index in [9.17, 15) is 10.2 Å². The number of hydrogen-bond acceptors (Lipinski definition) is 6. The van der Waals surface area contributed by atoms with Crippen LogP contribution in [0.5, 0.6) is 23.0 Å². The lowest BCUT2D eigenvalue weighted by Gasteiger charge is -2.40. The highest BCUT2D eigenvalue weighted by Crippen LogP contribution is 2.68. The number of benzene rings is 3. The van der Waals surface area contributed by atoms with Crippen molar-refractivity contribution in [3.05, 3.63) is 83.4 Å². The van der Waals surface area contributed by atoms with Crippen LogP contribution in [0.1, 0.15) is 42.9 Å². The molecule has 4 atom stereocenters. The Morgan fingerprint density at radius 3 is 2.29 bits per heavy atom. The first-order valence-electron chi connectivity index (χ1n) is 11.7. The van der Waals surface area contributed by atoms with Gasteiger partial charge in [-0.2, -0.15) is 0 Å². The standard InChI is InChI=1S/C28H30O6/c1-4-32-21-15-23(33-5-2)26-24(16-21)34-28(19-11-13-20(31-3)14-12-19)22(17-25(29)27(26,28)30)18-9-7-6-8-10-18/h6-16,22,25,29-30H,4-5,17H2,1-3H3/t22-,25+,27+,28-/m0/s1. The van der Waals surface area contributed by atoms with Crippen LogP contribution in [-0.4, -0.2) is 36.6 Å². The molecule has 1 heterocycles. The van der Waals surface area contributed by atoms with Gasteiger partial charge in [0.2, 0.25) is 0 Å². The Bertz CT molecular complexity index is 1160. The van der Waals surface area contributed by atoms with E-state index in [0.29, 0.717) is 48.2 Å². The molecule has 0 aromatic heterocycles. The SMILES string of the molecule is CCOc1cc(OCC)c2c(c1)O[C@@]1(c3ccc(OC)cc3)[C@H](c3ccccc3)C[C@@H](O)[C@@]21O. The highest BCUT2D eigenvalue weighted by Gasteiger charge is 2.73. The zero-order valence-electron chi connectivity index (χ0n) is 19.7. The molecule has 0 saturated heterocycles. The number of aliphatic hydroxyl groups excluding tert-OH is 1. The monoisotopic (exact) mass is 462 g/mol. The molecule has 178 valence electrons. The van der Waals surface area contributed by atoms with Crippen LogP contribution in [0.15, 0.2) is 66.7 Å². The van der Waals surface area contributed by atoms with Crippen LogP contribution in [0.3, 0.4) is 0 Å². The topological polar surface area (TPSA) is 77.4 Å². The van der Waals surface area contributed by atoms with E-state index in [-0.39, 0.29) is 5.92 Å². The third-order valence-corrected chi connectivity index (χ3v) is 7.02. The van der Waals surface area contributed by atoms with Crippen molar-refractivity contribution >= 4 is 0 Å². The summed E-state index contributed by atoms with van der Waals surface area (Å²) in [6, 6.07) is 20.9. The van der Waals surface area contributed by atoms with Gasteiger partial charge in [-0.15, -0.1) is 0 Å². The first-order chi connectivity index (χ1) is 16.5. The fraction of sp³-hybridized carbons (Fsp3) is 0.357. The van der Waals surface area contributed by atoms with Crippen LogP contribution >= 0.6 is 0 Å². The van der Waals surface area contributed by atoms with Crippen molar-refractivity contribution in [3.8, 4) is 23.0 Å². The number of rotatable bonds is 7. The quantitative estimate of drug-likeness (QED) is 0.538. The van der Waals surface area contributed by atoms with Crippen molar-refractivity contribution in [2.45, 2.75) is 43.5 Å². The minimum absolute atomic E-state index is 0.320. The molecule has 6 heteroatoms. The lowest BCUT2D eigenvalue weighted by Crippen LogP contribution is -2.52. The maximum Gasteiger partial charge on any atom is 0.176 e. The molecule has 2 aliphatic rings. The van der Waals surface area contributed by atoms with Gasteiger partial charge < -0.3 is 29.2 Å². The first-order valence-corrected chi connectivity index (χ1v) is 11.7. The zero-order chi connectivity index (χ0) is 23.9. The number of methoxy groups -OCH3 is 1. The molecule has 5 rings (SSSR count). The smallest absolute Gasteiger partial charge is 0.176 e. The van der Waals surface area contributed by atoms with Crippen molar-refractivity contribution < 1.29 is 29.2 Å². The van der Waals surface area contributed by atoms with Gasteiger partial charge in [0.25, 0.3) is 0 Å². The Labute approximate surface area is 199 Å². The number of aliphatic hydroxyl groups is 2. The molecule has 3 aromatic carbocycles. The van der Waals surface area contributed by atoms with Gasteiger partial charge >= 0.3 is 0 Å². The summed E-state index contributed by atoms with van der Waals surface area (Å²) in [6.45, 7) is 4.66. The van der Waals surface area contributed by atoms with E-state index >= 15 is 0 Å². The van der Waals surface area contributed by atoms with Crippen molar-refractivity contribution in [1.29, 1.82) is 0 Å². The van der Waals surface area contributed by atoms with E-state index in [4.69, 9.17) is 18.9 Å². The van der Waals surface area contributed by atoms with Crippen molar-refractivity contribution in [1.82, 2.24) is 0 Å². The van der Waals surface area contributed by atoms with Crippen LogP contribution in [0.25, 0.3) is 0 Å². The summed E-state index contributed by atoms with van der Waals surface area (Å²) in [5.41, 5.74) is -0.840. The summed E-state index contributed by atoms with van der Waals surface area (Å²) in [5, 5.41) is 24.0. The number of ether oxygens (including phenoxy) is 4. The molecule has 6 nitrogen and oxygen atoms in total. The number of hydrogen-bond donors (Lipinski definition) is 2. The third-order valence-electron chi connectivity index (χ3n) is 7.02. The van der Waals surface area contributed by atoms with Crippen molar-refractivity contribution in [2.24, 2.45) is 0 Å². The molecule has 0 bridgehead atoms. The van der Waals surface area contributed by atoms with E-state index in [0.717, 1.165) is 11.1 Å². The lowest BCUT2D eigenvalue weighted by atomic mass is 9.71. The van der Waals surface area contributed by atoms with Gasteiger partial charge in [-0.05, 0) is 43.5 Å². The summed E-state index contributed by atoms with van der Waals surface area (Å²) < 4.78 is 23.9. The molecule has 1 saturated carbocycles. The Hall–Kier alpha value is -3.22. The van der Waals surface area contributed by atoms with Gasteiger partial charge in [0, 0.05) is 18.1 Å². The maximum absolute atomic E-state index is 12.5. The summed E-state index contributed by atoms with van der Waals surface area (Å²) >= 11 is 0. The average molecular weight is 463 g/mol. The molecule has 1 aliphatic heterocycles. The van der Waals surface area contributed by atoms with Gasteiger partial charge in [-0.1, -0.05) is 42.5 Å². The second kappa shape index (κ2) is 8.53. The third kappa shape index (κ3) is 3.09. The Kier molecular flexibility index (Phi) is 5.66. The molecular formula is C28H30O6. The fourth-order valence-electron chi connectivity index (χ4n) is 5.66. The highest BCUT2D eigenvalue weighted by atomic mass is 16.5. The lowest BCUT2D eigenvalue weighted by molar-refractivity contribution is -0.150. The molecule has 0 unspecified atom stereocenters. The average Bonchev–Trinajstić information content (AvgIpc) is 3.25. The Morgan fingerprint density at radius 1 is 0.941 bits per heavy atom. The molecule has 34 heavy (non-hydrogen) atoms. The molecule has 0 spiro atoms. The minimum atomic E-state index is -1.74. The van der Waals surface area contributed by atoms with E-state index < -0.39 is 17.3 Å². The first kappa shape index (κ1) is 22.6. The predicted octanol–water partition coefficient (Wildman–Crippen LogP) is 4.52. The van der Waals surface area contributed by atoms with Crippen molar-refractivity contribution in [3.63, 3.8) is 0 Å². The molecule has 1 fully saturated rings. The predicted molar refractivity (Wildman–Crippen MR) is 128 cm³/mol. The highest BCUT2D eigenvalue weighted by molar-refractivity contribution is 5.62. The van der Waals surface area contributed by atoms with E-state index in [2.05, 4.69) is 0 Å². The summed E-state index contributed by atoms with van der Waals surface area (Å²) in [7, 11) is 1.61. The van der Waals surface area contributed by atoms with E-state index in [1.54, 1.807) is 19.2 Å². The van der Waals surface area contributed by atoms with Crippen LogP contribution in [0.2, 0.25) is 0 Å². The molecule has 2 N–H and O–H groups in total. The Morgan fingerprint density at radius 2 is 1.65 bits per heavy atom. The molecule has 3 aromatic rings. The Balaban J connectivity index is 1.78. The molecule has 0 radical (unpaired) electrons.